The van der Waals surface area contributed by atoms with E-state index in [1.54, 1.807) is 18.2 Å². The molecule has 7 heteroatoms. The first-order chi connectivity index (χ1) is 9.79. The highest BCUT2D eigenvalue weighted by molar-refractivity contribution is 6.42. The van der Waals surface area contributed by atoms with Crippen molar-refractivity contribution >= 4 is 29.0 Å². The van der Waals surface area contributed by atoms with Crippen molar-refractivity contribution in [3.63, 3.8) is 0 Å². The number of Topliss-reactive ketones (excluding diaryl/α,β-unsaturated/α-hetero) is 1. The van der Waals surface area contributed by atoms with Gasteiger partial charge in [0, 0.05) is 12.6 Å². The van der Waals surface area contributed by atoms with Crippen molar-refractivity contribution in [2.75, 3.05) is 0 Å². The third-order valence-electron chi connectivity index (χ3n) is 2.76. The Morgan fingerprint density at radius 2 is 1.86 bits per heavy atom. The van der Waals surface area contributed by atoms with Gasteiger partial charge in [-0.2, -0.15) is 13.2 Å². The van der Waals surface area contributed by atoms with Gasteiger partial charge < -0.3 is 0 Å². The summed E-state index contributed by atoms with van der Waals surface area (Å²) in [6, 6.07) is 6.70. The molecule has 1 aromatic heterocycles. The molecule has 1 heterocycles. The topological polar surface area (TPSA) is 30.0 Å². The van der Waals surface area contributed by atoms with Gasteiger partial charge >= 0.3 is 6.18 Å². The van der Waals surface area contributed by atoms with E-state index in [-0.39, 0.29) is 17.1 Å². The second-order valence-electron chi connectivity index (χ2n) is 4.24. The van der Waals surface area contributed by atoms with Crippen molar-refractivity contribution in [3.05, 3.63) is 63.4 Å². The number of carbonyl (C=O) groups is 1. The van der Waals surface area contributed by atoms with Crippen molar-refractivity contribution in [1.82, 2.24) is 4.98 Å². The third-order valence-corrected chi connectivity index (χ3v) is 3.62. The standard InChI is InChI=1S/C14H8Cl2F3NO/c15-10-3-1-2-8(13(10)16)6-12(21)11-5-4-9(7-20-11)14(17,18)19/h1-5,7H,6H2. The molecular weight excluding hydrogens is 326 g/mol. The Labute approximate surface area is 128 Å². The number of nitrogens with zero attached hydrogens (tertiary/aromatic N) is 1. The smallest absolute Gasteiger partial charge is 0.292 e. The molecule has 21 heavy (non-hydrogen) atoms. The van der Waals surface area contributed by atoms with E-state index >= 15 is 0 Å². The highest BCUT2D eigenvalue weighted by Crippen LogP contribution is 2.29. The zero-order valence-corrected chi connectivity index (χ0v) is 11.9. The minimum Gasteiger partial charge on any atom is -0.292 e. The van der Waals surface area contributed by atoms with Gasteiger partial charge in [0.15, 0.2) is 5.78 Å². The van der Waals surface area contributed by atoms with Crippen LogP contribution in [0.1, 0.15) is 21.6 Å². The molecule has 0 N–H and O–H groups in total. The highest BCUT2D eigenvalue weighted by atomic mass is 35.5. The number of benzene rings is 1. The van der Waals surface area contributed by atoms with E-state index in [1.165, 1.54) is 0 Å². The molecule has 110 valence electrons. The van der Waals surface area contributed by atoms with Crippen LogP contribution in [0.4, 0.5) is 13.2 Å². The van der Waals surface area contributed by atoms with E-state index in [4.69, 9.17) is 23.2 Å². The Morgan fingerprint density at radius 1 is 1.14 bits per heavy atom. The number of pyridine rings is 1. The molecule has 0 saturated carbocycles. The molecule has 0 radical (unpaired) electrons. The Balaban J connectivity index is 2.19. The van der Waals surface area contributed by atoms with E-state index in [2.05, 4.69) is 4.98 Å². The summed E-state index contributed by atoms with van der Waals surface area (Å²) in [6.45, 7) is 0. The van der Waals surface area contributed by atoms with Crippen molar-refractivity contribution in [1.29, 1.82) is 0 Å². The summed E-state index contributed by atoms with van der Waals surface area (Å²) in [5, 5.41) is 0.557. The van der Waals surface area contributed by atoms with Crippen molar-refractivity contribution in [3.8, 4) is 0 Å². The summed E-state index contributed by atoms with van der Waals surface area (Å²) in [5.41, 5.74) is -0.463. The zero-order chi connectivity index (χ0) is 15.6. The summed E-state index contributed by atoms with van der Waals surface area (Å²) in [5.74, 6) is -0.437. The third kappa shape index (κ3) is 3.74. The van der Waals surface area contributed by atoms with E-state index in [0.717, 1.165) is 12.1 Å². The summed E-state index contributed by atoms with van der Waals surface area (Å²) in [7, 11) is 0. The average Bonchev–Trinajstić information content (AvgIpc) is 2.43. The molecule has 0 aliphatic rings. The number of halogens is 5. The Bertz CT molecular complexity index is 669. The maximum Gasteiger partial charge on any atom is 0.417 e. The molecule has 0 aliphatic heterocycles. The molecule has 0 aliphatic carbocycles. The quantitative estimate of drug-likeness (QED) is 0.753. The molecule has 0 spiro atoms. The molecule has 0 saturated heterocycles. The fourth-order valence-electron chi connectivity index (χ4n) is 1.68. The Hall–Kier alpha value is -1.59. The number of hydrogen-bond acceptors (Lipinski definition) is 2. The summed E-state index contributed by atoms with van der Waals surface area (Å²) in [6.07, 6.45) is -3.94. The largest absolute Gasteiger partial charge is 0.417 e. The number of rotatable bonds is 3. The predicted molar refractivity (Wildman–Crippen MR) is 73.7 cm³/mol. The Kier molecular flexibility index (Phi) is 4.54. The van der Waals surface area contributed by atoms with Gasteiger partial charge in [0.2, 0.25) is 0 Å². The predicted octanol–water partition coefficient (Wildman–Crippen LogP) is 4.83. The molecular formula is C14H8Cl2F3NO. The number of aromatic nitrogens is 1. The molecule has 0 bridgehead atoms. The highest BCUT2D eigenvalue weighted by Gasteiger charge is 2.30. The molecule has 2 rings (SSSR count). The van der Waals surface area contributed by atoms with Gasteiger partial charge in [-0.1, -0.05) is 35.3 Å². The number of carbonyl (C=O) groups excluding carboxylic acids is 1. The Morgan fingerprint density at radius 3 is 2.43 bits per heavy atom. The summed E-state index contributed by atoms with van der Waals surface area (Å²) in [4.78, 5) is 15.5. The minimum atomic E-state index is -4.48. The zero-order valence-electron chi connectivity index (χ0n) is 10.4. The fourth-order valence-corrected chi connectivity index (χ4v) is 2.06. The van der Waals surface area contributed by atoms with E-state index in [0.29, 0.717) is 16.8 Å². The van der Waals surface area contributed by atoms with Gasteiger partial charge in [-0.05, 0) is 23.8 Å². The van der Waals surface area contributed by atoms with Crippen LogP contribution in [0.15, 0.2) is 36.5 Å². The average molecular weight is 334 g/mol. The van der Waals surface area contributed by atoms with Crippen molar-refractivity contribution in [2.45, 2.75) is 12.6 Å². The van der Waals surface area contributed by atoms with Gasteiger partial charge in [0.25, 0.3) is 0 Å². The molecule has 2 nitrogen and oxygen atoms in total. The summed E-state index contributed by atoms with van der Waals surface area (Å²) < 4.78 is 37.2. The number of ketones is 1. The van der Waals surface area contributed by atoms with Crippen LogP contribution in [-0.2, 0) is 12.6 Å². The first-order valence-corrected chi connectivity index (χ1v) is 6.54. The van der Waals surface area contributed by atoms with Crippen LogP contribution in [0.5, 0.6) is 0 Å². The van der Waals surface area contributed by atoms with Gasteiger partial charge in [-0.3, -0.25) is 9.78 Å². The normalized spacial score (nSPS) is 11.5. The van der Waals surface area contributed by atoms with Gasteiger partial charge in [-0.15, -0.1) is 0 Å². The van der Waals surface area contributed by atoms with E-state index in [9.17, 15) is 18.0 Å². The lowest BCUT2D eigenvalue weighted by atomic mass is 10.1. The van der Waals surface area contributed by atoms with Gasteiger partial charge in [0.1, 0.15) is 5.69 Å². The fraction of sp³-hybridized carbons (Fsp3) is 0.143. The lowest BCUT2D eigenvalue weighted by Crippen LogP contribution is -2.10. The van der Waals surface area contributed by atoms with E-state index in [1.807, 2.05) is 0 Å². The molecule has 0 atom stereocenters. The minimum absolute atomic E-state index is 0.0564. The first-order valence-electron chi connectivity index (χ1n) is 5.78. The van der Waals surface area contributed by atoms with Crippen LogP contribution < -0.4 is 0 Å². The molecule has 0 fully saturated rings. The molecule has 0 amide bonds. The number of alkyl halides is 3. The lowest BCUT2D eigenvalue weighted by Gasteiger charge is -2.07. The van der Waals surface area contributed by atoms with Crippen LogP contribution >= 0.6 is 23.2 Å². The molecule has 2 aromatic rings. The first kappa shape index (κ1) is 15.8. The van der Waals surface area contributed by atoms with Crippen LogP contribution in [0.25, 0.3) is 0 Å². The maximum atomic E-state index is 12.4. The van der Waals surface area contributed by atoms with Crippen molar-refractivity contribution < 1.29 is 18.0 Å². The second-order valence-corrected chi connectivity index (χ2v) is 5.03. The monoisotopic (exact) mass is 333 g/mol. The van der Waals surface area contributed by atoms with Gasteiger partial charge in [0.05, 0.1) is 15.6 Å². The van der Waals surface area contributed by atoms with Crippen LogP contribution in [0.3, 0.4) is 0 Å². The summed E-state index contributed by atoms with van der Waals surface area (Å²) >= 11 is 11.8. The van der Waals surface area contributed by atoms with Crippen LogP contribution in [-0.4, -0.2) is 10.8 Å². The maximum absolute atomic E-state index is 12.4. The van der Waals surface area contributed by atoms with Crippen LogP contribution in [0, 0.1) is 0 Å². The van der Waals surface area contributed by atoms with E-state index < -0.39 is 17.5 Å². The van der Waals surface area contributed by atoms with Crippen molar-refractivity contribution in [2.24, 2.45) is 0 Å². The number of hydrogen-bond donors (Lipinski definition) is 0. The van der Waals surface area contributed by atoms with Crippen LogP contribution in [0.2, 0.25) is 10.0 Å². The SMILES string of the molecule is O=C(Cc1cccc(Cl)c1Cl)c1ccc(C(F)(F)F)cn1. The van der Waals surface area contributed by atoms with Gasteiger partial charge in [-0.25, -0.2) is 0 Å². The second kappa shape index (κ2) is 6.03. The molecule has 0 unspecified atom stereocenters. The molecule has 1 aromatic carbocycles. The lowest BCUT2D eigenvalue weighted by molar-refractivity contribution is -0.137.